The van der Waals surface area contributed by atoms with Gasteiger partial charge in [0.15, 0.2) is 0 Å². The number of nitrogen functional groups attached to an aromatic ring is 1. The number of hydrazine groups is 1. The molecule has 5 N–H and O–H groups in total. The van der Waals surface area contributed by atoms with Crippen LogP contribution in [-0.2, 0) is 0 Å². The molecule has 8 nitrogen and oxygen atoms in total. The number of aromatic nitrogens is 3. The van der Waals surface area contributed by atoms with Crippen LogP contribution in [0.15, 0.2) is 0 Å². The van der Waals surface area contributed by atoms with Crippen LogP contribution in [0.3, 0.4) is 0 Å². The Hall–Kier alpha value is -1.67. The zero-order chi connectivity index (χ0) is 13.7. The number of ether oxygens (including phenoxy) is 1. The lowest BCUT2D eigenvalue weighted by Crippen LogP contribution is -2.48. The molecule has 1 heterocycles. The van der Waals surface area contributed by atoms with Gasteiger partial charge in [0.1, 0.15) is 0 Å². The normalized spacial score (nSPS) is 16.6. The molecule has 1 aromatic heterocycles. The monoisotopic (exact) mass is 268 g/mol. The average Bonchev–Trinajstić information content (AvgIpc) is 2.40. The van der Waals surface area contributed by atoms with E-state index in [2.05, 4.69) is 25.7 Å². The van der Waals surface area contributed by atoms with E-state index in [1.54, 1.807) is 0 Å². The molecule has 1 aliphatic carbocycles. The van der Waals surface area contributed by atoms with Gasteiger partial charge in [-0.3, -0.25) is 5.43 Å². The molecule has 0 unspecified atom stereocenters. The summed E-state index contributed by atoms with van der Waals surface area (Å²) in [6, 6.07) is 0.222. The highest BCUT2D eigenvalue weighted by Crippen LogP contribution is 2.34. The third-order valence-electron chi connectivity index (χ3n) is 3.17. The zero-order valence-corrected chi connectivity index (χ0v) is 11.0. The van der Waals surface area contributed by atoms with Crippen LogP contribution in [0.5, 0.6) is 6.01 Å². The second-order valence-electron chi connectivity index (χ2n) is 4.67. The summed E-state index contributed by atoms with van der Waals surface area (Å²) >= 11 is 0. The molecule has 0 spiro atoms. The lowest BCUT2D eigenvalue weighted by Gasteiger charge is -2.40. The first kappa shape index (κ1) is 13.8. The maximum absolute atomic E-state index is 9.43. The highest BCUT2D eigenvalue weighted by atomic mass is 16.5. The molecule has 1 aliphatic rings. The molecule has 0 amide bonds. The van der Waals surface area contributed by atoms with E-state index in [1.807, 2.05) is 6.92 Å². The highest BCUT2D eigenvalue weighted by Gasteiger charge is 2.37. The summed E-state index contributed by atoms with van der Waals surface area (Å²) in [5.74, 6) is 5.92. The standard InChI is InChI=1S/C11H20N6O2/c1-2-6-19-10-14-8(13-9(15-10)17-12)16-11(7-18)4-3-5-11/h18H,2-7,12H2,1H3,(H2,13,14,15,16,17). The summed E-state index contributed by atoms with van der Waals surface area (Å²) in [5.41, 5.74) is 2.06. The van der Waals surface area contributed by atoms with Gasteiger partial charge < -0.3 is 15.2 Å². The number of nitrogens with two attached hydrogens (primary N) is 1. The van der Waals surface area contributed by atoms with Gasteiger partial charge in [-0.15, -0.1) is 0 Å². The zero-order valence-electron chi connectivity index (χ0n) is 11.0. The number of aliphatic hydroxyl groups excluding tert-OH is 1. The molecule has 19 heavy (non-hydrogen) atoms. The number of nitrogens with one attached hydrogen (secondary N) is 2. The van der Waals surface area contributed by atoms with Gasteiger partial charge in [-0.2, -0.15) is 15.0 Å². The van der Waals surface area contributed by atoms with Crippen LogP contribution in [0.25, 0.3) is 0 Å². The number of nitrogens with zero attached hydrogens (tertiary/aromatic N) is 3. The molecule has 1 saturated carbocycles. The van der Waals surface area contributed by atoms with E-state index in [9.17, 15) is 5.11 Å². The van der Waals surface area contributed by atoms with Crippen molar-refractivity contribution in [3.63, 3.8) is 0 Å². The van der Waals surface area contributed by atoms with E-state index in [4.69, 9.17) is 10.6 Å². The summed E-state index contributed by atoms with van der Waals surface area (Å²) < 4.78 is 5.38. The Bertz CT molecular complexity index is 418. The molecule has 0 radical (unpaired) electrons. The predicted molar refractivity (Wildman–Crippen MR) is 70.7 cm³/mol. The van der Waals surface area contributed by atoms with Crippen molar-refractivity contribution >= 4 is 11.9 Å². The molecule has 0 atom stereocenters. The van der Waals surface area contributed by atoms with Gasteiger partial charge in [0.05, 0.1) is 18.8 Å². The third-order valence-corrected chi connectivity index (χ3v) is 3.17. The Morgan fingerprint density at radius 3 is 2.58 bits per heavy atom. The van der Waals surface area contributed by atoms with Crippen molar-refractivity contribution in [1.29, 1.82) is 0 Å². The maximum atomic E-state index is 9.43. The molecule has 0 aromatic carbocycles. The first-order valence-electron chi connectivity index (χ1n) is 6.46. The Kier molecular flexibility index (Phi) is 4.33. The topological polar surface area (TPSA) is 118 Å². The minimum absolute atomic E-state index is 0.0508. The maximum Gasteiger partial charge on any atom is 0.323 e. The fraction of sp³-hybridized carbons (Fsp3) is 0.727. The van der Waals surface area contributed by atoms with E-state index in [-0.39, 0.29) is 24.1 Å². The van der Waals surface area contributed by atoms with E-state index in [1.165, 1.54) is 0 Å². The summed E-state index contributed by atoms with van der Waals surface area (Å²) in [6.45, 7) is 2.57. The first-order chi connectivity index (χ1) is 9.21. The van der Waals surface area contributed by atoms with Crippen molar-refractivity contribution in [2.24, 2.45) is 5.84 Å². The van der Waals surface area contributed by atoms with Gasteiger partial charge in [0.2, 0.25) is 11.9 Å². The summed E-state index contributed by atoms with van der Waals surface area (Å²) in [5, 5.41) is 12.6. The molecule has 106 valence electrons. The van der Waals surface area contributed by atoms with Crippen LogP contribution in [-0.4, -0.2) is 38.8 Å². The van der Waals surface area contributed by atoms with Crippen LogP contribution in [0, 0.1) is 0 Å². The summed E-state index contributed by atoms with van der Waals surface area (Å²) in [7, 11) is 0. The molecule has 0 saturated heterocycles. The molecule has 8 heteroatoms. The number of rotatable bonds is 7. The van der Waals surface area contributed by atoms with Gasteiger partial charge in [-0.25, -0.2) is 5.84 Å². The molecule has 0 bridgehead atoms. The average molecular weight is 268 g/mol. The van der Waals surface area contributed by atoms with E-state index < -0.39 is 0 Å². The molecule has 1 fully saturated rings. The van der Waals surface area contributed by atoms with Gasteiger partial charge in [0, 0.05) is 0 Å². The summed E-state index contributed by atoms with van der Waals surface area (Å²) in [4.78, 5) is 12.3. The highest BCUT2D eigenvalue weighted by molar-refractivity contribution is 5.38. The number of anilines is 2. The molecule has 1 aromatic rings. The van der Waals surface area contributed by atoms with Crippen molar-refractivity contribution < 1.29 is 9.84 Å². The lowest BCUT2D eigenvalue weighted by molar-refractivity contribution is 0.143. The van der Waals surface area contributed by atoms with Gasteiger partial charge >= 0.3 is 6.01 Å². The first-order valence-corrected chi connectivity index (χ1v) is 6.46. The number of hydrogen-bond acceptors (Lipinski definition) is 8. The Balaban J connectivity index is 2.14. The largest absolute Gasteiger partial charge is 0.463 e. The Morgan fingerprint density at radius 2 is 2.05 bits per heavy atom. The van der Waals surface area contributed by atoms with E-state index >= 15 is 0 Å². The second-order valence-corrected chi connectivity index (χ2v) is 4.67. The fourth-order valence-corrected chi connectivity index (χ4v) is 1.90. The van der Waals surface area contributed by atoms with Crippen LogP contribution < -0.4 is 21.3 Å². The van der Waals surface area contributed by atoms with Crippen LogP contribution in [0.2, 0.25) is 0 Å². The quantitative estimate of drug-likeness (QED) is 0.411. The van der Waals surface area contributed by atoms with Crippen LogP contribution in [0.4, 0.5) is 11.9 Å². The van der Waals surface area contributed by atoms with Crippen LogP contribution >= 0.6 is 0 Å². The predicted octanol–water partition coefficient (Wildman–Crippen LogP) is 0.273. The molecular formula is C11H20N6O2. The van der Waals surface area contributed by atoms with Crippen LogP contribution in [0.1, 0.15) is 32.6 Å². The van der Waals surface area contributed by atoms with E-state index in [0.717, 1.165) is 25.7 Å². The smallest absolute Gasteiger partial charge is 0.323 e. The minimum atomic E-state index is -0.324. The number of hydrogen-bond donors (Lipinski definition) is 4. The number of aliphatic hydroxyl groups is 1. The van der Waals surface area contributed by atoms with Crippen molar-refractivity contribution in [3.05, 3.63) is 0 Å². The van der Waals surface area contributed by atoms with Crippen molar-refractivity contribution in [2.75, 3.05) is 24.0 Å². The van der Waals surface area contributed by atoms with Crippen molar-refractivity contribution in [1.82, 2.24) is 15.0 Å². The summed E-state index contributed by atoms with van der Waals surface area (Å²) in [6.07, 6.45) is 3.73. The Morgan fingerprint density at radius 1 is 1.32 bits per heavy atom. The van der Waals surface area contributed by atoms with Crippen molar-refractivity contribution in [2.45, 2.75) is 38.1 Å². The molecular weight excluding hydrogens is 248 g/mol. The van der Waals surface area contributed by atoms with Gasteiger partial charge in [-0.1, -0.05) is 6.92 Å². The molecule has 2 rings (SSSR count). The molecule has 0 aliphatic heterocycles. The van der Waals surface area contributed by atoms with Crippen molar-refractivity contribution in [3.8, 4) is 6.01 Å². The lowest BCUT2D eigenvalue weighted by atomic mass is 9.77. The van der Waals surface area contributed by atoms with Gasteiger partial charge in [0.25, 0.3) is 0 Å². The van der Waals surface area contributed by atoms with Gasteiger partial charge in [-0.05, 0) is 25.7 Å². The Labute approximate surface area is 111 Å². The second kappa shape index (κ2) is 5.98. The third kappa shape index (κ3) is 3.21. The minimum Gasteiger partial charge on any atom is -0.463 e. The SMILES string of the molecule is CCCOc1nc(NN)nc(NC2(CO)CCC2)n1. The van der Waals surface area contributed by atoms with E-state index in [0.29, 0.717) is 12.6 Å². The fourth-order valence-electron chi connectivity index (χ4n) is 1.90.